The van der Waals surface area contributed by atoms with Crippen molar-refractivity contribution in [2.45, 2.75) is 33.3 Å². The Balaban J connectivity index is 1.84. The minimum absolute atomic E-state index is 0.0885. The number of hydrogen-bond acceptors (Lipinski definition) is 3. The van der Waals surface area contributed by atoms with Gasteiger partial charge in [0.15, 0.2) is 0 Å². The van der Waals surface area contributed by atoms with E-state index < -0.39 is 16.8 Å². The van der Waals surface area contributed by atoms with E-state index >= 15 is 0 Å². The van der Waals surface area contributed by atoms with Crippen molar-refractivity contribution in [3.8, 4) is 5.75 Å². The van der Waals surface area contributed by atoms with E-state index in [1.54, 1.807) is 12.1 Å². The zero-order valence-corrected chi connectivity index (χ0v) is 14.7. The number of benzene rings is 1. The highest BCUT2D eigenvalue weighted by atomic mass is 32.2. The van der Waals surface area contributed by atoms with Crippen LogP contribution in [0.2, 0.25) is 0 Å². The first-order chi connectivity index (χ1) is 11.3. The lowest BCUT2D eigenvalue weighted by Crippen LogP contribution is -2.48. The molecule has 8 heteroatoms. The molecule has 0 amide bonds. The molecule has 0 aliphatic carbocycles. The molecule has 0 aromatic heterocycles. The van der Waals surface area contributed by atoms with Gasteiger partial charge in [-0.05, 0) is 42.4 Å². The lowest BCUT2D eigenvalue weighted by molar-refractivity contribution is -0.0498. The number of nitrogens with one attached hydrogen (secondary N) is 1. The van der Waals surface area contributed by atoms with Crippen molar-refractivity contribution in [3.63, 3.8) is 0 Å². The third-order valence-electron chi connectivity index (χ3n) is 4.02. The second-order valence-electron chi connectivity index (χ2n) is 6.43. The van der Waals surface area contributed by atoms with E-state index in [1.807, 2.05) is 0 Å². The predicted octanol–water partition coefficient (Wildman–Crippen LogP) is 2.64. The Morgan fingerprint density at radius 1 is 1.21 bits per heavy atom. The molecule has 2 unspecified atom stereocenters. The summed E-state index contributed by atoms with van der Waals surface area (Å²) in [6, 6.07) is 6.20. The molecule has 2 atom stereocenters. The maximum Gasteiger partial charge on any atom is 0.387 e. The van der Waals surface area contributed by atoms with Crippen LogP contribution in [0.3, 0.4) is 0 Å². The molecule has 2 rings (SSSR count). The number of rotatable bonds is 7. The van der Waals surface area contributed by atoms with Crippen LogP contribution >= 0.6 is 0 Å². The van der Waals surface area contributed by atoms with Crippen LogP contribution < -0.4 is 9.46 Å². The first-order valence-corrected chi connectivity index (χ1v) is 9.48. The van der Waals surface area contributed by atoms with Gasteiger partial charge in [0, 0.05) is 19.6 Å². The second kappa shape index (κ2) is 8.22. The molecule has 0 bridgehead atoms. The molecule has 1 N–H and O–H groups in total. The number of hydrogen-bond donors (Lipinski definition) is 1. The normalized spacial score (nSPS) is 22.7. The van der Waals surface area contributed by atoms with Gasteiger partial charge in [0.1, 0.15) is 5.75 Å². The molecule has 1 saturated heterocycles. The van der Waals surface area contributed by atoms with Crippen LogP contribution in [0.25, 0.3) is 0 Å². The van der Waals surface area contributed by atoms with Crippen LogP contribution in [0, 0.1) is 11.8 Å². The van der Waals surface area contributed by atoms with Crippen LogP contribution in [0.15, 0.2) is 24.3 Å². The zero-order valence-electron chi connectivity index (χ0n) is 13.9. The summed E-state index contributed by atoms with van der Waals surface area (Å²) in [6.07, 6.45) is 1.52. The van der Waals surface area contributed by atoms with Crippen molar-refractivity contribution in [1.82, 2.24) is 9.03 Å². The minimum Gasteiger partial charge on any atom is -0.435 e. The molecule has 1 aromatic carbocycles. The monoisotopic (exact) mass is 362 g/mol. The zero-order chi connectivity index (χ0) is 17.7. The van der Waals surface area contributed by atoms with Gasteiger partial charge >= 0.3 is 6.61 Å². The van der Waals surface area contributed by atoms with Gasteiger partial charge in [0.05, 0.1) is 0 Å². The van der Waals surface area contributed by atoms with Gasteiger partial charge in [-0.1, -0.05) is 26.0 Å². The van der Waals surface area contributed by atoms with Gasteiger partial charge in [0.25, 0.3) is 10.2 Å². The van der Waals surface area contributed by atoms with Gasteiger partial charge in [-0.2, -0.15) is 21.5 Å². The van der Waals surface area contributed by atoms with Gasteiger partial charge in [-0.25, -0.2) is 4.72 Å². The molecular weight excluding hydrogens is 338 g/mol. The van der Waals surface area contributed by atoms with Crippen LogP contribution in [0.1, 0.15) is 25.8 Å². The van der Waals surface area contributed by atoms with Crippen molar-refractivity contribution in [2.24, 2.45) is 11.8 Å². The first kappa shape index (κ1) is 19.1. The van der Waals surface area contributed by atoms with E-state index in [-0.39, 0.29) is 12.3 Å². The Bertz CT molecular complexity index is 613. The smallest absolute Gasteiger partial charge is 0.387 e. The van der Waals surface area contributed by atoms with Crippen molar-refractivity contribution < 1.29 is 21.9 Å². The second-order valence-corrected chi connectivity index (χ2v) is 8.19. The Morgan fingerprint density at radius 3 is 2.33 bits per heavy atom. The molecule has 5 nitrogen and oxygen atoms in total. The summed E-state index contributed by atoms with van der Waals surface area (Å²) in [4.78, 5) is 0. The fourth-order valence-electron chi connectivity index (χ4n) is 3.06. The summed E-state index contributed by atoms with van der Waals surface area (Å²) in [5.41, 5.74) is 0.847. The highest BCUT2D eigenvalue weighted by molar-refractivity contribution is 7.87. The average Bonchev–Trinajstić information content (AvgIpc) is 2.47. The Kier molecular flexibility index (Phi) is 6.54. The van der Waals surface area contributed by atoms with E-state index in [9.17, 15) is 17.2 Å². The first-order valence-electron chi connectivity index (χ1n) is 8.04. The third kappa shape index (κ3) is 5.68. The highest BCUT2D eigenvalue weighted by Gasteiger charge is 2.29. The largest absolute Gasteiger partial charge is 0.435 e. The number of ether oxygens (including phenoxy) is 1. The van der Waals surface area contributed by atoms with Crippen LogP contribution in [-0.2, 0) is 16.6 Å². The topological polar surface area (TPSA) is 58.6 Å². The SMILES string of the molecule is CC1CC(C)CN(S(=O)(=O)NCCc2ccc(OC(F)F)cc2)C1. The summed E-state index contributed by atoms with van der Waals surface area (Å²) in [5, 5.41) is 0. The molecular formula is C16H24F2N2O3S. The molecule has 0 radical (unpaired) electrons. The highest BCUT2D eigenvalue weighted by Crippen LogP contribution is 2.22. The fourth-order valence-corrected chi connectivity index (χ4v) is 4.50. The van der Waals surface area contributed by atoms with E-state index in [1.165, 1.54) is 16.4 Å². The summed E-state index contributed by atoms with van der Waals surface area (Å²) < 4.78 is 57.3. The Morgan fingerprint density at radius 2 is 1.79 bits per heavy atom. The van der Waals surface area contributed by atoms with Crippen LogP contribution in [-0.4, -0.2) is 39.0 Å². The molecule has 0 spiro atoms. The number of piperidine rings is 1. The summed E-state index contributed by atoms with van der Waals surface area (Å²) >= 11 is 0. The van der Waals surface area contributed by atoms with E-state index in [0.717, 1.165) is 12.0 Å². The number of alkyl halides is 2. The van der Waals surface area contributed by atoms with Gasteiger partial charge < -0.3 is 4.74 Å². The maximum absolute atomic E-state index is 12.4. The standard InChI is InChI=1S/C16H24F2N2O3S/c1-12-9-13(2)11-20(10-12)24(21,22)19-8-7-14-3-5-15(6-4-14)23-16(17)18/h3-6,12-13,16,19H,7-11H2,1-2H3. The van der Waals surface area contributed by atoms with Crippen molar-refractivity contribution in [3.05, 3.63) is 29.8 Å². The molecule has 0 saturated carbocycles. The number of halogens is 2. The average molecular weight is 362 g/mol. The minimum atomic E-state index is -3.48. The van der Waals surface area contributed by atoms with E-state index in [2.05, 4.69) is 23.3 Å². The molecule has 24 heavy (non-hydrogen) atoms. The van der Waals surface area contributed by atoms with Gasteiger partial charge in [0.2, 0.25) is 0 Å². The molecule has 1 aliphatic rings. The van der Waals surface area contributed by atoms with Gasteiger partial charge in [-0.15, -0.1) is 0 Å². The summed E-state index contributed by atoms with van der Waals surface area (Å²) in [5.74, 6) is 0.797. The summed E-state index contributed by atoms with van der Waals surface area (Å²) in [7, 11) is -3.48. The molecule has 1 fully saturated rings. The lowest BCUT2D eigenvalue weighted by atomic mass is 9.94. The molecule has 1 aliphatic heterocycles. The maximum atomic E-state index is 12.4. The number of nitrogens with zero attached hydrogens (tertiary/aromatic N) is 1. The molecule has 1 aromatic rings. The van der Waals surface area contributed by atoms with Gasteiger partial charge in [-0.3, -0.25) is 0 Å². The van der Waals surface area contributed by atoms with Crippen LogP contribution in [0.4, 0.5) is 8.78 Å². The van der Waals surface area contributed by atoms with Crippen molar-refractivity contribution in [2.75, 3.05) is 19.6 Å². The van der Waals surface area contributed by atoms with Crippen LogP contribution in [0.5, 0.6) is 5.75 Å². The van der Waals surface area contributed by atoms with Crippen molar-refractivity contribution >= 4 is 10.2 Å². The third-order valence-corrected chi connectivity index (χ3v) is 5.57. The molecule has 1 heterocycles. The fraction of sp³-hybridized carbons (Fsp3) is 0.625. The Hall–Kier alpha value is -1.25. The summed E-state index contributed by atoms with van der Waals surface area (Å²) in [6.45, 7) is 2.61. The quantitative estimate of drug-likeness (QED) is 0.811. The van der Waals surface area contributed by atoms with E-state index in [4.69, 9.17) is 0 Å². The van der Waals surface area contributed by atoms with E-state index in [0.29, 0.717) is 31.3 Å². The Labute approximate surface area is 142 Å². The lowest BCUT2D eigenvalue weighted by Gasteiger charge is -2.33. The molecule has 136 valence electrons. The van der Waals surface area contributed by atoms with Crippen molar-refractivity contribution in [1.29, 1.82) is 0 Å². The predicted molar refractivity (Wildman–Crippen MR) is 88.2 cm³/mol.